The fraction of sp³-hybridized carbons (Fsp3) is 0.458. The third-order valence-electron chi connectivity index (χ3n) is 6.37. The molecule has 1 saturated heterocycles. The Labute approximate surface area is 172 Å². The number of imidazole rings is 1. The monoisotopic (exact) mass is 390 g/mol. The van der Waals surface area contributed by atoms with Crippen LogP contribution in [0, 0.1) is 12.8 Å². The van der Waals surface area contributed by atoms with E-state index in [4.69, 9.17) is 0 Å². The molecule has 1 fully saturated rings. The van der Waals surface area contributed by atoms with Crippen molar-refractivity contribution in [1.29, 1.82) is 0 Å². The van der Waals surface area contributed by atoms with Crippen LogP contribution in [0.2, 0.25) is 0 Å². The van der Waals surface area contributed by atoms with E-state index in [0.29, 0.717) is 18.2 Å². The van der Waals surface area contributed by atoms with E-state index in [1.165, 1.54) is 0 Å². The van der Waals surface area contributed by atoms with Gasteiger partial charge in [-0.1, -0.05) is 12.1 Å². The van der Waals surface area contributed by atoms with Crippen molar-refractivity contribution >= 4 is 16.6 Å². The van der Waals surface area contributed by atoms with Crippen molar-refractivity contribution < 1.29 is 4.79 Å². The zero-order valence-electron chi connectivity index (χ0n) is 17.9. The first-order valence-electron chi connectivity index (χ1n) is 10.6. The molecule has 29 heavy (non-hydrogen) atoms. The van der Waals surface area contributed by atoms with Gasteiger partial charge in [0.05, 0.1) is 11.9 Å². The average Bonchev–Trinajstić information content (AvgIpc) is 3.06. The van der Waals surface area contributed by atoms with Crippen LogP contribution in [0.5, 0.6) is 0 Å². The topological polar surface area (TPSA) is 51.0 Å². The summed E-state index contributed by atoms with van der Waals surface area (Å²) < 4.78 is 2.09. The van der Waals surface area contributed by atoms with Crippen LogP contribution < -0.4 is 0 Å². The van der Waals surface area contributed by atoms with Gasteiger partial charge in [-0.2, -0.15) is 0 Å². The second-order valence-corrected chi connectivity index (χ2v) is 8.53. The number of nitrogens with zero attached hydrogens (tertiary/aromatic N) is 4. The molecule has 3 aromatic rings. The standard InChI is InChI=1S/C24H30N4O/c1-16(2)28-9-7-18(8-10-28)24(29)13-22-12-21-11-19(5-6-20(21)14-26-22)23-15-25-17(3)27(23)4/h5-6,11-12,14-16,18H,7-10,13H2,1-4H3. The Morgan fingerprint density at radius 2 is 1.86 bits per heavy atom. The molecule has 1 aliphatic heterocycles. The Morgan fingerprint density at radius 1 is 1.10 bits per heavy atom. The Morgan fingerprint density at radius 3 is 2.52 bits per heavy atom. The van der Waals surface area contributed by atoms with Crippen LogP contribution in [0.25, 0.3) is 22.0 Å². The highest BCUT2D eigenvalue weighted by Gasteiger charge is 2.26. The molecule has 2 aromatic heterocycles. The number of benzene rings is 1. The molecule has 5 heteroatoms. The average molecular weight is 391 g/mol. The fourth-order valence-corrected chi connectivity index (χ4v) is 4.27. The summed E-state index contributed by atoms with van der Waals surface area (Å²) in [7, 11) is 2.03. The maximum Gasteiger partial charge on any atom is 0.142 e. The smallest absolute Gasteiger partial charge is 0.142 e. The minimum atomic E-state index is 0.172. The van der Waals surface area contributed by atoms with Gasteiger partial charge in [-0.05, 0) is 64.2 Å². The Hall–Kier alpha value is -2.53. The third-order valence-corrected chi connectivity index (χ3v) is 6.37. The highest BCUT2D eigenvalue weighted by atomic mass is 16.1. The number of piperidine rings is 1. The summed E-state index contributed by atoms with van der Waals surface area (Å²) in [4.78, 5) is 24.3. The number of carbonyl (C=O) groups excluding carboxylic acids is 1. The summed E-state index contributed by atoms with van der Waals surface area (Å²) in [6.45, 7) is 8.49. The number of likely N-dealkylation sites (tertiary alicyclic amines) is 1. The van der Waals surface area contributed by atoms with Gasteiger partial charge in [0.2, 0.25) is 0 Å². The summed E-state index contributed by atoms with van der Waals surface area (Å²) in [6, 6.07) is 9.00. The highest BCUT2D eigenvalue weighted by Crippen LogP contribution is 2.26. The first kappa shape index (κ1) is 19.8. The second-order valence-electron chi connectivity index (χ2n) is 8.53. The molecule has 152 valence electrons. The fourth-order valence-electron chi connectivity index (χ4n) is 4.27. The maximum atomic E-state index is 12.8. The summed E-state index contributed by atoms with van der Waals surface area (Å²) in [5, 5.41) is 2.21. The van der Waals surface area contributed by atoms with Gasteiger partial charge in [0.1, 0.15) is 11.6 Å². The Bertz CT molecular complexity index is 1030. The number of hydrogen-bond acceptors (Lipinski definition) is 4. The number of carbonyl (C=O) groups is 1. The number of aromatic nitrogens is 3. The van der Waals surface area contributed by atoms with Gasteiger partial charge in [-0.25, -0.2) is 4.98 Å². The van der Waals surface area contributed by atoms with Gasteiger partial charge in [-0.3, -0.25) is 9.78 Å². The van der Waals surface area contributed by atoms with Gasteiger partial charge in [0.25, 0.3) is 0 Å². The van der Waals surface area contributed by atoms with Crippen LogP contribution >= 0.6 is 0 Å². The predicted molar refractivity (Wildman–Crippen MR) is 117 cm³/mol. The minimum absolute atomic E-state index is 0.172. The summed E-state index contributed by atoms with van der Waals surface area (Å²) in [5.74, 6) is 1.49. The molecule has 1 aliphatic rings. The van der Waals surface area contributed by atoms with Crippen molar-refractivity contribution in [3.63, 3.8) is 0 Å². The molecule has 3 heterocycles. The number of ketones is 1. The van der Waals surface area contributed by atoms with Gasteiger partial charge in [0.15, 0.2) is 0 Å². The lowest BCUT2D eigenvalue weighted by Crippen LogP contribution is -2.40. The van der Waals surface area contributed by atoms with Crippen LogP contribution in [0.4, 0.5) is 0 Å². The summed E-state index contributed by atoms with van der Waals surface area (Å²) >= 11 is 0. The molecule has 0 aliphatic carbocycles. The molecule has 0 amide bonds. The molecule has 0 atom stereocenters. The van der Waals surface area contributed by atoms with Gasteiger partial charge >= 0.3 is 0 Å². The normalized spacial score (nSPS) is 16.0. The number of fused-ring (bicyclic) bond motifs is 1. The largest absolute Gasteiger partial charge is 0.331 e. The second kappa shape index (κ2) is 8.07. The number of pyridine rings is 1. The van der Waals surface area contributed by atoms with E-state index in [1.807, 2.05) is 26.4 Å². The van der Waals surface area contributed by atoms with E-state index >= 15 is 0 Å². The molecule has 0 radical (unpaired) electrons. The van der Waals surface area contributed by atoms with Crippen LogP contribution in [-0.2, 0) is 18.3 Å². The quantitative estimate of drug-likeness (QED) is 0.656. The van der Waals surface area contributed by atoms with Gasteiger partial charge < -0.3 is 9.47 Å². The lowest BCUT2D eigenvalue weighted by atomic mass is 9.89. The summed E-state index contributed by atoms with van der Waals surface area (Å²) in [5.41, 5.74) is 3.09. The number of hydrogen-bond donors (Lipinski definition) is 0. The van der Waals surface area contributed by atoms with Crippen LogP contribution in [0.1, 0.15) is 38.2 Å². The maximum absolute atomic E-state index is 12.8. The van der Waals surface area contributed by atoms with Crippen molar-refractivity contribution in [3.05, 3.63) is 48.2 Å². The van der Waals surface area contributed by atoms with E-state index in [0.717, 1.165) is 59.5 Å². The van der Waals surface area contributed by atoms with Crippen LogP contribution in [-0.4, -0.2) is 44.3 Å². The van der Waals surface area contributed by atoms with Gasteiger partial charge in [-0.15, -0.1) is 0 Å². The number of Topliss-reactive ketones (excluding diaryl/α,β-unsaturated/α-hetero) is 1. The van der Waals surface area contributed by atoms with Crippen LogP contribution in [0.15, 0.2) is 36.7 Å². The molecule has 5 nitrogen and oxygen atoms in total. The zero-order chi connectivity index (χ0) is 20.5. The molecule has 4 rings (SSSR count). The highest BCUT2D eigenvalue weighted by molar-refractivity contribution is 5.88. The van der Waals surface area contributed by atoms with Crippen LogP contribution in [0.3, 0.4) is 0 Å². The third kappa shape index (κ3) is 4.10. The molecule has 0 N–H and O–H groups in total. The first-order chi connectivity index (χ1) is 13.9. The molecular weight excluding hydrogens is 360 g/mol. The van der Waals surface area contributed by atoms with Crippen molar-refractivity contribution in [2.24, 2.45) is 13.0 Å². The predicted octanol–water partition coefficient (Wildman–Crippen LogP) is 4.18. The van der Waals surface area contributed by atoms with E-state index in [-0.39, 0.29) is 5.92 Å². The molecule has 1 aromatic carbocycles. The van der Waals surface area contributed by atoms with Crippen molar-refractivity contribution in [2.75, 3.05) is 13.1 Å². The van der Waals surface area contributed by atoms with Gasteiger partial charge in [0, 0.05) is 48.3 Å². The molecule has 0 bridgehead atoms. The molecule has 0 saturated carbocycles. The number of aryl methyl sites for hydroxylation is 1. The lowest BCUT2D eigenvalue weighted by Gasteiger charge is -2.33. The van der Waals surface area contributed by atoms with Crippen molar-refractivity contribution in [1.82, 2.24) is 19.4 Å². The molecule has 0 unspecified atom stereocenters. The van der Waals surface area contributed by atoms with E-state index in [2.05, 4.69) is 57.5 Å². The molecule has 0 spiro atoms. The Kier molecular flexibility index (Phi) is 5.50. The first-order valence-corrected chi connectivity index (χ1v) is 10.6. The van der Waals surface area contributed by atoms with E-state index in [9.17, 15) is 4.79 Å². The SMILES string of the molecule is Cc1ncc(-c2ccc3cnc(CC(=O)C4CCN(C(C)C)CC4)cc3c2)n1C. The summed E-state index contributed by atoms with van der Waals surface area (Å²) in [6.07, 6.45) is 6.16. The Balaban J connectivity index is 1.51. The van der Waals surface area contributed by atoms with Crippen molar-refractivity contribution in [2.45, 2.75) is 46.1 Å². The lowest BCUT2D eigenvalue weighted by molar-refractivity contribution is -0.123. The van der Waals surface area contributed by atoms with E-state index < -0.39 is 0 Å². The number of rotatable bonds is 5. The molecular formula is C24H30N4O. The minimum Gasteiger partial charge on any atom is -0.331 e. The zero-order valence-corrected chi connectivity index (χ0v) is 17.9. The van der Waals surface area contributed by atoms with Crippen molar-refractivity contribution in [3.8, 4) is 11.3 Å². The van der Waals surface area contributed by atoms with E-state index in [1.54, 1.807) is 0 Å².